The van der Waals surface area contributed by atoms with E-state index in [4.69, 9.17) is 10.5 Å². The maximum Gasteiger partial charge on any atom is 0.325 e. The van der Waals surface area contributed by atoms with Gasteiger partial charge in [0, 0.05) is 13.1 Å². The summed E-state index contributed by atoms with van der Waals surface area (Å²) in [6.45, 7) is 4.38. The molecule has 3 amide bonds. The smallest absolute Gasteiger partial charge is 0.325 e. The first kappa shape index (κ1) is 19.4. The van der Waals surface area contributed by atoms with Crippen LogP contribution in [0, 0.1) is 0 Å². The lowest BCUT2D eigenvalue weighted by Gasteiger charge is -2.11. The average Bonchev–Trinajstić information content (AvgIpc) is 2.57. The van der Waals surface area contributed by atoms with Gasteiger partial charge in [-0.2, -0.15) is 0 Å². The highest BCUT2D eigenvalue weighted by atomic mass is 16.5. The number of hydrogen-bond acceptors (Lipinski definition) is 5. The first-order chi connectivity index (χ1) is 11.4. The number of carbonyl (C=O) groups is 3. The molecule has 24 heavy (non-hydrogen) atoms. The highest BCUT2D eigenvalue weighted by molar-refractivity contribution is 5.80. The zero-order valence-corrected chi connectivity index (χ0v) is 13.9. The van der Waals surface area contributed by atoms with Gasteiger partial charge in [-0.05, 0) is 25.0 Å². The summed E-state index contributed by atoms with van der Waals surface area (Å²) in [5.41, 5.74) is 7.08. The summed E-state index contributed by atoms with van der Waals surface area (Å²) < 4.78 is 4.71. The maximum absolute atomic E-state index is 11.5. The van der Waals surface area contributed by atoms with Gasteiger partial charge in [-0.1, -0.05) is 24.3 Å². The lowest BCUT2D eigenvalue weighted by molar-refractivity contribution is -0.141. The number of esters is 1. The first-order valence-electron chi connectivity index (χ1n) is 7.70. The molecule has 0 bridgehead atoms. The summed E-state index contributed by atoms with van der Waals surface area (Å²) >= 11 is 0. The Morgan fingerprint density at radius 3 is 2.21 bits per heavy atom. The van der Waals surface area contributed by atoms with Crippen molar-refractivity contribution in [2.45, 2.75) is 33.0 Å². The number of primary amides is 1. The van der Waals surface area contributed by atoms with E-state index in [1.54, 1.807) is 13.8 Å². The Hall–Kier alpha value is -2.61. The molecule has 0 saturated carbocycles. The van der Waals surface area contributed by atoms with Gasteiger partial charge in [0.15, 0.2) is 0 Å². The highest BCUT2D eigenvalue weighted by Gasteiger charge is 2.07. The summed E-state index contributed by atoms with van der Waals surface area (Å²) in [6, 6.07) is 6.70. The van der Waals surface area contributed by atoms with E-state index in [2.05, 4.69) is 16.0 Å². The largest absolute Gasteiger partial charge is 0.465 e. The van der Waals surface area contributed by atoms with Gasteiger partial charge >= 0.3 is 12.0 Å². The number of nitrogens with two attached hydrogens (primary N) is 1. The number of carbonyl (C=O) groups excluding carboxylic acids is 3. The van der Waals surface area contributed by atoms with Crippen LogP contribution < -0.4 is 21.7 Å². The third-order valence-electron chi connectivity index (χ3n) is 3.21. The van der Waals surface area contributed by atoms with Crippen LogP contribution in [-0.2, 0) is 27.4 Å². The molecule has 0 aromatic heterocycles. The molecule has 0 heterocycles. The number of hydrogen-bond donors (Lipinski definition) is 4. The molecule has 8 heteroatoms. The fraction of sp³-hybridized carbons (Fsp3) is 0.438. The number of benzene rings is 1. The molecule has 1 atom stereocenters. The zero-order valence-electron chi connectivity index (χ0n) is 13.9. The Morgan fingerprint density at radius 2 is 1.67 bits per heavy atom. The van der Waals surface area contributed by atoms with Crippen LogP contribution in [0.4, 0.5) is 4.79 Å². The molecule has 0 saturated heterocycles. The molecule has 0 spiro atoms. The van der Waals surface area contributed by atoms with Crippen molar-refractivity contribution in [1.29, 1.82) is 0 Å². The van der Waals surface area contributed by atoms with Crippen LogP contribution in [0.5, 0.6) is 0 Å². The molecule has 0 unspecified atom stereocenters. The van der Waals surface area contributed by atoms with Gasteiger partial charge in [-0.15, -0.1) is 0 Å². The van der Waals surface area contributed by atoms with E-state index in [0.717, 1.165) is 11.1 Å². The van der Waals surface area contributed by atoms with Gasteiger partial charge in [0.2, 0.25) is 5.91 Å². The van der Waals surface area contributed by atoms with Gasteiger partial charge in [0.1, 0.15) is 6.54 Å². The fourth-order valence-corrected chi connectivity index (χ4v) is 1.76. The highest BCUT2D eigenvalue weighted by Crippen LogP contribution is 2.04. The summed E-state index contributed by atoms with van der Waals surface area (Å²) in [4.78, 5) is 33.6. The van der Waals surface area contributed by atoms with E-state index in [1.807, 2.05) is 24.3 Å². The standard InChI is InChI=1S/C16H24N4O4/c1-3-24-14(21)10-20-16(23)19-9-13-6-4-12(5-7-13)8-18-11(2)15(17)22/h4-7,11,18H,3,8-10H2,1-2H3,(H2,17,22)(H2,19,20,23)/t11-/m0/s1. The van der Waals surface area contributed by atoms with Crippen molar-refractivity contribution < 1.29 is 19.1 Å². The van der Waals surface area contributed by atoms with Gasteiger partial charge in [-0.25, -0.2) is 4.79 Å². The minimum absolute atomic E-state index is 0.164. The Bertz CT molecular complexity index is 560. The van der Waals surface area contributed by atoms with Crippen molar-refractivity contribution >= 4 is 17.9 Å². The molecule has 1 rings (SSSR count). The Morgan fingerprint density at radius 1 is 1.08 bits per heavy atom. The second-order valence-corrected chi connectivity index (χ2v) is 5.16. The normalized spacial score (nSPS) is 11.4. The molecule has 0 aliphatic heterocycles. The molecular formula is C16H24N4O4. The topological polar surface area (TPSA) is 123 Å². The lowest BCUT2D eigenvalue weighted by atomic mass is 10.1. The van der Waals surface area contributed by atoms with E-state index in [1.165, 1.54) is 0 Å². The molecule has 0 aliphatic carbocycles. The van der Waals surface area contributed by atoms with Gasteiger partial charge in [-0.3, -0.25) is 9.59 Å². The third kappa shape index (κ3) is 7.59. The minimum atomic E-state index is -0.477. The number of rotatable bonds is 9. The van der Waals surface area contributed by atoms with E-state index in [0.29, 0.717) is 13.1 Å². The summed E-state index contributed by atoms with van der Waals surface area (Å²) in [5.74, 6) is -0.876. The number of nitrogens with one attached hydrogen (secondary N) is 3. The minimum Gasteiger partial charge on any atom is -0.465 e. The lowest BCUT2D eigenvalue weighted by Crippen LogP contribution is -2.38. The molecular weight excluding hydrogens is 312 g/mol. The van der Waals surface area contributed by atoms with Gasteiger partial charge in [0.25, 0.3) is 0 Å². The Labute approximate surface area is 141 Å². The molecule has 5 N–H and O–H groups in total. The SMILES string of the molecule is CCOC(=O)CNC(=O)NCc1ccc(CN[C@@H](C)C(N)=O)cc1. The van der Waals surface area contributed by atoms with Crippen molar-refractivity contribution in [3.05, 3.63) is 35.4 Å². The van der Waals surface area contributed by atoms with Crippen LogP contribution in [0.15, 0.2) is 24.3 Å². The third-order valence-corrected chi connectivity index (χ3v) is 3.21. The number of urea groups is 1. The van der Waals surface area contributed by atoms with Crippen LogP contribution in [0.3, 0.4) is 0 Å². The van der Waals surface area contributed by atoms with Gasteiger partial charge < -0.3 is 26.4 Å². The predicted octanol–water partition coefficient (Wildman–Crippen LogP) is 0.0123. The maximum atomic E-state index is 11.5. The Kier molecular flexibility index (Phi) is 8.28. The van der Waals surface area contributed by atoms with Crippen LogP contribution in [-0.4, -0.2) is 37.1 Å². The fourth-order valence-electron chi connectivity index (χ4n) is 1.76. The Balaban J connectivity index is 2.32. The van der Waals surface area contributed by atoms with Crippen molar-refractivity contribution in [1.82, 2.24) is 16.0 Å². The molecule has 1 aromatic carbocycles. The summed E-state index contributed by atoms with van der Waals surface area (Å²) in [7, 11) is 0. The number of ether oxygens (including phenoxy) is 1. The van der Waals surface area contributed by atoms with Crippen molar-refractivity contribution in [2.24, 2.45) is 5.73 Å². The monoisotopic (exact) mass is 336 g/mol. The van der Waals surface area contributed by atoms with E-state index in [9.17, 15) is 14.4 Å². The summed E-state index contributed by atoms with van der Waals surface area (Å²) in [6.07, 6.45) is 0. The van der Waals surface area contributed by atoms with E-state index >= 15 is 0 Å². The molecule has 0 radical (unpaired) electrons. The van der Waals surface area contributed by atoms with Crippen LogP contribution >= 0.6 is 0 Å². The van der Waals surface area contributed by atoms with Crippen molar-refractivity contribution in [3.8, 4) is 0 Å². The number of amides is 3. The average molecular weight is 336 g/mol. The van der Waals surface area contributed by atoms with E-state index in [-0.39, 0.29) is 13.2 Å². The van der Waals surface area contributed by atoms with Crippen LogP contribution in [0.2, 0.25) is 0 Å². The van der Waals surface area contributed by atoms with Crippen LogP contribution in [0.1, 0.15) is 25.0 Å². The molecule has 8 nitrogen and oxygen atoms in total. The second kappa shape index (κ2) is 10.2. The first-order valence-corrected chi connectivity index (χ1v) is 7.70. The molecule has 132 valence electrons. The van der Waals surface area contributed by atoms with Crippen molar-refractivity contribution in [3.63, 3.8) is 0 Å². The summed E-state index contributed by atoms with van der Waals surface area (Å²) in [5, 5.41) is 8.07. The molecule has 1 aromatic rings. The van der Waals surface area contributed by atoms with Gasteiger partial charge in [0.05, 0.1) is 12.6 Å². The quantitative estimate of drug-likeness (QED) is 0.473. The zero-order chi connectivity index (χ0) is 17.9. The van der Waals surface area contributed by atoms with Crippen molar-refractivity contribution in [2.75, 3.05) is 13.2 Å². The van der Waals surface area contributed by atoms with E-state index < -0.39 is 23.9 Å². The van der Waals surface area contributed by atoms with Crippen LogP contribution in [0.25, 0.3) is 0 Å². The predicted molar refractivity (Wildman–Crippen MR) is 88.8 cm³/mol. The molecule has 0 aliphatic rings. The molecule has 0 fully saturated rings. The second-order valence-electron chi connectivity index (χ2n) is 5.16.